The van der Waals surface area contributed by atoms with Gasteiger partial charge < -0.3 is 14.7 Å². The lowest BCUT2D eigenvalue weighted by atomic mass is 10.1. The van der Waals surface area contributed by atoms with Crippen LogP contribution in [0.1, 0.15) is 11.1 Å². The Morgan fingerprint density at radius 1 is 1.11 bits per heavy atom. The molecule has 1 aliphatic rings. The van der Waals surface area contributed by atoms with Crippen LogP contribution in [-0.2, 0) is 0 Å². The first-order valence-electron chi connectivity index (χ1n) is 6.82. The summed E-state index contributed by atoms with van der Waals surface area (Å²) >= 11 is 0. The minimum absolute atomic E-state index is 0.0182. The number of quaternary nitrogens is 1. The van der Waals surface area contributed by atoms with Gasteiger partial charge in [-0.05, 0) is 37.1 Å². The number of benzene rings is 1. The number of anilines is 1. The summed E-state index contributed by atoms with van der Waals surface area (Å²) in [6.45, 7) is 7.76. The van der Waals surface area contributed by atoms with Crippen LogP contribution in [0.15, 0.2) is 18.2 Å². The van der Waals surface area contributed by atoms with E-state index in [1.807, 2.05) is 30.9 Å². The minimum atomic E-state index is 0.0182. The van der Waals surface area contributed by atoms with Gasteiger partial charge in [0.15, 0.2) is 0 Å². The average Bonchev–Trinajstić information content (AvgIpc) is 2.26. The summed E-state index contributed by atoms with van der Waals surface area (Å²) in [7, 11) is 4.42. The number of amides is 2. The molecule has 0 aliphatic carbocycles. The lowest BCUT2D eigenvalue weighted by molar-refractivity contribution is -0.894. The Kier molecular flexibility index (Phi) is 3.80. The first kappa shape index (κ1) is 13.9. The van der Waals surface area contributed by atoms with Crippen LogP contribution in [0.3, 0.4) is 0 Å². The van der Waals surface area contributed by atoms with E-state index in [0.717, 1.165) is 36.3 Å². The second kappa shape index (κ2) is 5.21. The van der Waals surface area contributed by atoms with Crippen LogP contribution in [0.5, 0.6) is 0 Å². The molecule has 2 rings (SSSR count). The monoisotopic (exact) mass is 262 g/mol. The summed E-state index contributed by atoms with van der Waals surface area (Å²) in [6.07, 6.45) is 0. The maximum absolute atomic E-state index is 12.2. The van der Waals surface area contributed by atoms with Gasteiger partial charge in [-0.15, -0.1) is 0 Å². The van der Waals surface area contributed by atoms with Crippen molar-refractivity contribution in [2.45, 2.75) is 13.8 Å². The van der Waals surface area contributed by atoms with Gasteiger partial charge in [-0.3, -0.25) is 0 Å². The highest BCUT2D eigenvalue weighted by Crippen LogP contribution is 2.15. The van der Waals surface area contributed by atoms with Gasteiger partial charge in [0, 0.05) is 5.69 Å². The Morgan fingerprint density at radius 2 is 1.63 bits per heavy atom. The molecule has 1 N–H and O–H groups in total. The van der Waals surface area contributed by atoms with Crippen molar-refractivity contribution >= 4 is 11.7 Å². The molecule has 0 atom stereocenters. The first-order valence-corrected chi connectivity index (χ1v) is 6.82. The summed E-state index contributed by atoms with van der Waals surface area (Å²) in [6, 6.07) is 6.14. The van der Waals surface area contributed by atoms with Crippen molar-refractivity contribution in [1.82, 2.24) is 4.90 Å². The topological polar surface area (TPSA) is 32.3 Å². The summed E-state index contributed by atoms with van der Waals surface area (Å²) in [5.74, 6) is 0. The molecule has 0 aromatic heterocycles. The van der Waals surface area contributed by atoms with Crippen LogP contribution in [0.25, 0.3) is 0 Å². The molecular formula is C15H24N3O+. The van der Waals surface area contributed by atoms with E-state index < -0.39 is 0 Å². The highest BCUT2D eigenvalue weighted by Gasteiger charge is 2.27. The van der Waals surface area contributed by atoms with E-state index in [1.165, 1.54) is 11.1 Å². The zero-order valence-corrected chi connectivity index (χ0v) is 12.4. The van der Waals surface area contributed by atoms with E-state index in [2.05, 4.69) is 25.5 Å². The van der Waals surface area contributed by atoms with Crippen LogP contribution in [0, 0.1) is 13.8 Å². The molecular weight excluding hydrogens is 238 g/mol. The second-order valence-corrected chi connectivity index (χ2v) is 6.18. The molecule has 2 amide bonds. The third-order valence-corrected chi connectivity index (χ3v) is 3.71. The van der Waals surface area contributed by atoms with Crippen LogP contribution < -0.4 is 5.32 Å². The highest BCUT2D eigenvalue weighted by atomic mass is 16.2. The standard InChI is InChI=1S/C15H23N3O/c1-12-9-13(2)11-14(10-12)16-15(19)17-5-7-18(3,4)8-6-17/h9-11H,5-8H2,1-4H3/p+1. The molecule has 0 unspecified atom stereocenters. The van der Waals surface area contributed by atoms with Crippen molar-refractivity contribution in [3.63, 3.8) is 0 Å². The van der Waals surface area contributed by atoms with E-state index in [0.29, 0.717) is 0 Å². The molecule has 1 heterocycles. The molecule has 19 heavy (non-hydrogen) atoms. The number of rotatable bonds is 1. The number of piperazine rings is 1. The third-order valence-electron chi connectivity index (χ3n) is 3.71. The number of hydrogen-bond donors (Lipinski definition) is 1. The van der Waals surface area contributed by atoms with Crippen molar-refractivity contribution in [1.29, 1.82) is 0 Å². The van der Waals surface area contributed by atoms with Gasteiger partial charge >= 0.3 is 6.03 Å². The Hall–Kier alpha value is -1.55. The summed E-state index contributed by atoms with van der Waals surface area (Å²) in [5, 5.41) is 3.00. The normalized spacial score (nSPS) is 18.2. The predicted octanol–water partition coefficient (Wildman–Crippen LogP) is 2.23. The van der Waals surface area contributed by atoms with Crippen molar-refractivity contribution in [3.8, 4) is 0 Å². The fourth-order valence-electron chi connectivity index (χ4n) is 2.46. The fourth-order valence-corrected chi connectivity index (χ4v) is 2.46. The maximum Gasteiger partial charge on any atom is 0.322 e. The van der Waals surface area contributed by atoms with Crippen LogP contribution in [0.2, 0.25) is 0 Å². The molecule has 0 radical (unpaired) electrons. The van der Waals surface area contributed by atoms with Gasteiger partial charge in [0.25, 0.3) is 0 Å². The highest BCUT2D eigenvalue weighted by molar-refractivity contribution is 5.89. The quantitative estimate of drug-likeness (QED) is 0.773. The van der Waals surface area contributed by atoms with Gasteiger partial charge in [-0.1, -0.05) is 6.07 Å². The molecule has 104 valence electrons. The molecule has 0 spiro atoms. The summed E-state index contributed by atoms with van der Waals surface area (Å²) in [4.78, 5) is 14.1. The number of carbonyl (C=O) groups excluding carboxylic acids is 1. The van der Waals surface area contributed by atoms with E-state index >= 15 is 0 Å². The molecule has 1 fully saturated rings. The minimum Gasteiger partial charge on any atom is -0.326 e. The molecule has 1 saturated heterocycles. The number of nitrogens with zero attached hydrogens (tertiary/aromatic N) is 2. The molecule has 4 heteroatoms. The molecule has 0 bridgehead atoms. The zero-order chi connectivity index (χ0) is 14.0. The Morgan fingerprint density at radius 3 is 2.16 bits per heavy atom. The van der Waals surface area contributed by atoms with Gasteiger partial charge in [0.05, 0.1) is 40.3 Å². The van der Waals surface area contributed by atoms with E-state index in [9.17, 15) is 4.79 Å². The van der Waals surface area contributed by atoms with Crippen molar-refractivity contribution in [2.24, 2.45) is 0 Å². The number of carbonyl (C=O) groups is 1. The van der Waals surface area contributed by atoms with Crippen molar-refractivity contribution in [3.05, 3.63) is 29.3 Å². The lowest BCUT2D eigenvalue weighted by Gasteiger charge is -2.38. The number of aryl methyl sites for hydroxylation is 2. The molecule has 0 saturated carbocycles. The SMILES string of the molecule is Cc1cc(C)cc(NC(=O)N2CC[N+](C)(C)CC2)c1. The third kappa shape index (κ3) is 3.70. The van der Waals surface area contributed by atoms with Gasteiger partial charge in [-0.2, -0.15) is 0 Å². The lowest BCUT2D eigenvalue weighted by Crippen LogP contribution is -2.56. The number of nitrogens with one attached hydrogen (secondary N) is 1. The fraction of sp³-hybridized carbons (Fsp3) is 0.533. The smallest absolute Gasteiger partial charge is 0.322 e. The largest absolute Gasteiger partial charge is 0.326 e. The first-order chi connectivity index (χ1) is 8.85. The Labute approximate surface area is 115 Å². The van der Waals surface area contributed by atoms with Gasteiger partial charge in [0.2, 0.25) is 0 Å². The van der Waals surface area contributed by atoms with Crippen LogP contribution >= 0.6 is 0 Å². The average molecular weight is 262 g/mol. The number of hydrogen-bond acceptors (Lipinski definition) is 1. The zero-order valence-electron chi connectivity index (χ0n) is 12.4. The van der Waals surface area contributed by atoms with Crippen LogP contribution in [-0.4, -0.2) is 55.7 Å². The molecule has 1 aromatic carbocycles. The Balaban J connectivity index is 1.98. The van der Waals surface area contributed by atoms with Crippen molar-refractivity contribution in [2.75, 3.05) is 45.6 Å². The number of urea groups is 1. The number of likely N-dealkylation sites (N-methyl/N-ethyl adjacent to an activating group) is 1. The predicted molar refractivity (Wildman–Crippen MR) is 78.4 cm³/mol. The van der Waals surface area contributed by atoms with Gasteiger partial charge in [-0.25, -0.2) is 4.79 Å². The summed E-state index contributed by atoms with van der Waals surface area (Å²) in [5.41, 5.74) is 3.24. The van der Waals surface area contributed by atoms with E-state index in [-0.39, 0.29) is 6.03 Å². The van der Waals surface area contributed by atoms with Crippen molar-refractivity contribution < 1.29 is 9.28 Å². The van der Waals surface area contributed by atoms with E-state index in [1.54, 1.807) is 0 Å². The molecule has 1 aromatic rings. The summed E-state index contributed by atoms with van der Waals surface area (Å²) < 4.78 is 0.993. The second-order valence-electron chi connectivity index (χ2n) is 6.18. The molecule has 4 nitrogen and oxygen atoms in total. The Bertz CT molecular complexity index is 452. The van der Waals surface area contributed by atoms with E-state index in [4.69, 9.17) is 0 Å². The molecule has 1 aliphatic heterocycles. The van der Waals surface area contributed by atoms with Crippen LogP contribution in [0.4, 0.5) is 10.5 Å². The van der Waals surface area contributed by atoms with Gasteiger partial charge in [0.1, 0.15) is 0 Å². The maximum atomic E-state index is 12.2.